The maximum Gasteiger partial charge on any atom is 0.262 e. The lowest BCUT2D eigenvalue weighted by molar-refractivity contribution is -0.161. The van der Waals surface area contributed by atoms with Crippen molar-refractivity contribution in [1.29, 1.82) is 5.26 Å². The fraction of sp³-hybridized carbons (Fsp3) is 0.524. The van der Waals surface area contributed by atoms with Crippen LogP contribution in [0, 0.1) is 11.3 Å². The van der Waals surface area contributed by atoms with Crippen LogP contribution in [-0.4, -0.2) is 83.7 Å². The van der Waals surface area contributed by atoms with Gasteiger partial charge in [0.1, 0.15) is 23.9 Å². The minimum atomic E-state index is -1.16. The Kier molecular flexibility index (Phi) is 8.71. The number of benzene rings is 1. The molecule has 2 aliphatic heterocycles. The van der Waals surface area contributed by atoms with E-state index in [-0.39, 0.29) is 24.3 Å². The highest BCUT2D eigenvalue weighted by Gasteiger charge is 2.36. The zero-order chi connectivity index (χ0) is 22.2. The molecule has 1 amide bonds. The molecule has 2 heterocycles. The lowest BCUT2D eigenvalue weighted by Crippen LogP contribution is -2.53. The Morgan fingerprint density at radius 1 is 1.29 bits per heavy atom. The minimum absolute atomic E-state index is 0.0708. The van der Waals surface area contributed by atoms with Crippen LogP contribution >= 0.6 is 12.0 Å². The van der Waals surface area contributed by atoms with E-state index in [4.69, 9.17) is 14.0 Å². The predicted octanol–water partition coefficient (Wildman–Crippen LogP) is 0.632. The van der Waals surface area contributed by atoms with Gasteiger partial charge in [-0.25, -0.2) is 0 Å². The van der Waals surface area contributed by atoms with Crippen LogP contribution < -0.4 is 10.2 Å². The summed E-state index contributed by atoms with van der Waals surface area (Å²) in [5, 5.41) is 32.1. The molecule has 1 aromatic rings. The summed E-state index contributed by atoms with van der Waals surface area (Å²) >= 11 is 0.591. The molecule has 4 atom stereocenters. The molecule has 2 saturated heterocycles. The van der Waals surface area contributed by atoms with E-state index in [9.17, 15) is 20.3 Å². The highest BCUT2D eigenvalue weighted by atomic mass is 32.2. The van der Waals surface area contributed by atoms with E-state index in [0.29, 0.717) is 30.8 Å². The molecule has 3 rings (SSSR count). The third-order valence-electron chi connectivity index (χ3n) is 5.32. The number of rotatable bonds is 7. The van der Waals surface area contributed by atoms with Gasteiger partial charge in [0, 0.05) is 37.5 Å². The van der Waals surface area contributed by atoms with E-state index >= 15 is 0 Å². The van der Waals surface area contributed by atoms with E-state index in [0.717, 1.165) is 18.8 Å². The van der Waals surface area contributed by atoms with Crippen molar-refractivity contribution in [3.05, 3.63) is 35.4 Å². The lowest BCUT2D eigenvalue weighted by atomic mass is 9.98. The highest BCUT2D eigenvalue weighted by Crippen LogP contribution is 2.22. The number of morpholine rings is 1. The van der Waals surface area contributed by atoms with E-state index in [1.54, 1.807) is 0 Å². The van der Waals surface area contributed by atoms with Crippen molar-refractivity contribution in [2.45, 2.75) is 30.8 Å². The number of nitriles is 1. The van der Waals surface area contributed by atoms with Crippen molar-refractivity contribution < 1.29 is 29.0 Å². The van der Waals surface area contributed by atoms with Gasteiger partial charge < -0.3 is 34.5 Å². The molecule has 2 fully saturated rings. The third-order valence-corrected chi connectivity index (χ3v) is 5.84. The quantitative estimate of drug-likeness (QED) is 0.268. The molecule has 1 unspecified atom stereocenters. The average molecular weight is 450 g/mol. The third kappa shape index (κ3) is 6.43. The molecule has 0 saturated carbocycles. The van der Waals surface area contributed by atoms with Gasteiger partial charge in [-0.1, -0.05) is 12.1 Å². The average Bonchev–Trinajstić information content (AvgIpc) is 2.79. The van der Waals surface area contributed by atoms with E-state index in [2.05, 4.69) is 10.2 Å². The van der Waals surface area contributed by atoms with Crippen LogP contribution in [0.3, 0.4) is 0 Å². The lowest BCUT2D eigenvalue weighted by Gasteiger charge is -2.36. The van der Waals surface area contributed by atoms with Crippen molar-refractivity contribution in [2.75, 3.05) is 43.5 Å². The summed E-state index contributed by atoms with van der Waals surface area (Å²) in [5.41, 5.74) is 1.70. The first kappa shape index (κ1) is 23.5. The first-order valence-corrected chi connectivity index (χ1v) is 11.1. The highest BCUT2D eigenvalue weighted by molar-refractivity contribution is 7.93. The van der Waals surface area contributed by atoms with Crippen LogP contribution in [0.4, 0.5) is 5.69 Å². The second-order valence-corrected chi connectivity index (χ2v) is 8.05. The Morgan fingerprint density at radius 2 is 2.00 bits per heavy atom. The van der Waals surface area contributed by atoms with Crippen LogP contribution in [0.25, 0.3) is 6.08 Å². The number of aliphatic hydroxyl groups excluding tert-OH is 2. The van der Waals surface area contributed by atoms with Crippen LogP contribution in [0.5, 0.6) is 0 Å². The Bertz CT molecular complexity index is 806. The zero-order valence-electron chi connectivity index (χ0n) is 17.0. The molecule has 168 valence electrons. The summed E-state index contributed by atoms with van der Waals surface area (Å²) in [6.45, 7) is 2.96. The molecular formula is C21H27N3O6S. The molecule has 2 aliphatic rings. The molecule has 1 aromatic carbocycles. The standard InChI is InChI=1S/C21H27N3O6S/c22-11-15(9-14-1-3-16(4-2-14)24-5-7-29-8-6-24)21(27)23-12-19-20(26)18(25)10-17(30-19)13-31-28/h1-4,9,17-20,25-26,28H,5-8,10,12-13H2,(H,23,27)/b15-9+/t17?,18-,19-,20+/m1/s1. The molecule has 4 N–H and O–H groups in total. The molecule has 0 aromatic heterocycles. The van der Waals surface area contributed by atoms with Crippen molar-refractivity contribution in [1.82, 2.24) is 5.32 Å². The van der Waals surface area contributed by atoms with Crippen molar-refractivity contribution in [2.24, 2.45) is 0 Å². The molecule has 9 nitrogen and oxygen atoms in total. The largest absolute Gasteiger partial charge is 0.390 e. The number of amides is 1. The van der Waals surface area contributed by atoms with Crippen molar-refractivity contribution in [3.8, 4) is 6.07 Å². The van der Waals surface area contributed by atoms with Gasteiger partial charge in [-0.3, -0.25) is 4.79 Å². The van der Waals surface area contributed by atoms with Gasteiger partial charge in [0.15, 0.2) is 0 Å². The summed E-state index contributed by atoms with van der Waals surface area (Å²) < 4.78 is 20.0. The Labute approximate surface area is 185 Å². The topological polar surface area (TPSA) is 135 Å². The maximum atomic E-state index is 12.5. The van der Waals surface area contributed by atoms with E-state index in [1.165, 1.54) is 6.08 Å². The van der Waals surface area contributed by atoms with Gasteiger partial charge >= 0.3 is 0 Å². The number of anilines is 1. The summed E-state index contributed by atoms with van der Waals surface area (Å²) in [4.78, 5) is 14.7. The van der Waals surface area contributed by atoms with Gasteiger partial charge in [0.05, 0.1) is 25.4 Å². The van der Waals surface area contributed by atoms with E-state index < -0.39 is 30.3 Å². The van der Waals surface area contributed by atoms with Crippen molar-refractivity contribution >= 4 is 29.7 Å². The van der Waals surface area contributed by atoms with Gasteiger partial charge in [0.2, 0.25) is 0 Å². The van der Waals surface area contributed by atoms with Gasteiger partial charge in [-0.05, 0) is 35.8 Å². The zero-order valence-corrected chi connectivity index (χ0v) is 17.8. The first-order chi connectivity index (χ1) is 15.0. The van der Waals surface area contributed by atoms with E-state index in [1.807, 2.05) is 30.3 Å². The molecule has 0 bridgehead atoms. The first-order valence-electron chi connectivity index (χ1n) is 10.1. The monoisotopic (exact) mass is 449 g/mol. The molecule has 0 aliphatic carbocycles. The fourth-order valence-corrected chi connectivity index (χ4v) is 3.99. The summed E-state index contributed by atoms with van der Waals surface area (Å²) in [5.74, 6) is -0.346. The van der Waals surface area contributed by atoms with Crippen LogP contribution in [0.1, 0.15) is 12.0 Å². The van der Waals surface area contributed by atoms with Crippen LogP contribution in [0.15, 0.2) is 29.8 Å². The number of carbonyl (C=O) groups excluding carboxylic acids is 1. The number of nitrogens with one attached hydrogen (secondary N) is 1. The smallest absolute Gasteiger partial charge is 0.262 e. The summed E-state index contributed by atoms with van der Waals surface area (Å²) in [6, 6.07) is 9.47. The normalized spacial score (nSPS) is 26.9. The number of nitrogens with zero attached hydrogens (tertiary/aromatic N) is 2. The number of carbonyl (C=O) groups is 1. The second-order valence-electron chi connectivity index (χ2n) is 7.46. The van der Waals surface area contributed by atoms with Crippen molar-refractivity contribution in [3.63, 3.8) is 0 Å². The molecule has 31 heavy (non-hydrogen) atoms. The number of ether oxygens (including phenoxy) is 2. The van der Waals surface area contributed by atoms with Crippen LogP contribution in [0.2, 0.25) is 0 Å². The van der Waals surface area contributed by atoms with Gasteiger partial charge in [-0.2, -0.15) is 5.26 Å². The number of hydrogen-bond acceptors (Lipinski definition) is 9. The SMILES string of the molecule is N#C/C(=C\c1ccc(N2CCOCC2)cc1)C(=O)NC[C@H]1OC(CSO)C[C@@H](O)[C@@H]1O. The number of aliphatic hydroxyl groups is 2. The maximum absolute atomic E-state index is 12.5. The van der Waals surface area contributed by atoms with Gasteiger partial charge in [-0.15, -0.1) is 0 Å². The Morgan fingerprint density at radius 3 is 2.65 bits per heavy atom. The predicted molar refractivity (Wildman–Crippen MR) is 116 cm³/mol. The minimum Gasteiger partial charge on any atom is -0.390 e. The van der Waals surface area contributed by atoms with Crippen LogP contribution in [-0.2, 0) is 14.3 Å². The molecule has 0 spiro atoms. The molecular weight excluding hydrogens is 422 g/mol. The summed E-state index contributed by atoms with van der Waals surface area (Å²) in [7, 11) is 0. The number of hydrogen-bond donors (Lipinski definition) is 4. The second kappa shape index (κ2) is 11.5. The molecule has 10 heteroatoms. The van der Waals surface area contributed by atoms with Gasteiger partial charge in [0.25, 0.3) is 5.91 Å². The Balaban J connectivity index is 1.59. The molecule has 0 radical (unpaired) electrons. The Hall–Kier alpha value is -2.13. The fourth-order valence-electron chi connectivity index (χ4n) is 3.61. The summed E-state index contributed by atoms with van der Waals surface area (Å²) in [6.07, 6.45) is -1.75.